The molecule has 0 aliphatic carbocycles. The molecule has 2 atom stereocenters. The summed E-state index contributed by atoms with van der Waals surface area (Å²) in [5.74, 6) is -1.18. The van der Waals surface area contributed by atoms with Gasteiger partial charge in [0.2, 0.25) is 5.91 Å². The van der Waals surface area contributed by atoms with E-state index >= 15 is 0 Å². The second-order valence-electron chi connectivity index (χ2n) is 8.96. The number of likely N-dealkylation sites (tertiary alicyclic amines) is 1. The first-order valence-corrected chi connectivity index (χ1v) is 11.7. The van der Waals surface area contributed by atoms with Gasteiger partial charge < -0.3 is 10.1 Å². The summed E-state index contributed by atoms with van der Waals surface area (Å²) < 4.78 is 46.5. The van der Waals surface area contributed by atoms with Crippen LogP contribution in [0.2, 0.25) is 0 Å². The van der Waals surface area contributed by atoms with Gasteiger partial charge in [0.1, 0.15) is 23.2 Å². The molecule has 35 heavy (non-hydrogen) atoms. The summed E-state index contributed by atoms with van der Waals surface area (Å²) >= 11 is 0. The number of benzene rings is 3. The minimum absolute atomic E-state index is 0.0159. The summed E-state index contributed by atoms with van der Waals surface area (Å²) in [5, 5.41) is 3.03. The normalized spacial score (nSPS) is 18.3. The van der Waals surface area contributed by atoms with E-state index in [0.717, 1.165) is 22.9 Å². The van der Waals surface area contributed by atoms with Crippen molar-refractivity contribution < 1.29 is 22.7 Å². The van der Waals surface area contributed by atoms with E-state index in [1.165, 1.54) is 24.3 Å². The maximum Gasteiger partial charge on any atom is 0.224 e. The Morgan fingerprint density at radius 3 is 2.46 bits per heavy atom. The van der Waals surface area contributed by atoms with Crippen LogP contribution in [0.3, 0.4) is 0 Å². The van der Waals surface area contributed by atoms with Gasteiger partial charge in [-0.05, 0) is 54.2 Å². The minimum Gasteiger partial charge on any atom is -0.496 e. The second kappa shape index (κ2) is 11.4. The van der Waals surface area contributed by atoms with Crippen LogP contribution < -0.4 is 10.1 Å². The van der Waals surface area contributed by atoms with Crippen LogP contribution in [-0.2, 0) is 17.8 Å². The molecule has 1 saturated heterocycles. The lowest BCUT2D eigenvalue weighted by Crippen LogP contribution is -2.45. The molecule has 0 saturated carbocycles. The summed E-state index contributed by atoms with van der Waals surface area (Å²) in [5.41, 5.74) is 2.32. The average molecular weight is 483 g/mol. The highest BCUT2D eigenvalue weighted by Crippen LogP contribution is 2.32. The highest BCUT2D eigenvalue weighted by molar-refractivity contribution is 5.79. The Kier molecular flexibility index (Phi) is 8.08. The molecule has 0 spiro atoms. The molecule has 0 radical (unpaired) electrons. The van der Waals surface area contributed by atoms with E-state index in [1.807, 2.05) is 29.2 Å². The number of amides is 1. The molecule has 184 valence electrons. The summed E-state index contributed by atoms with van der Waals surface area (Å²) in [6.07, 6.45) is 1.24. The van der Waals surface area contributed by atoms with Crippen LogP contribution in [0.15, 0.2) is 66.7 Å². The number of hydrogen-bond donors (Lipinski definition) is 1. The van der Waals surface area contributed by atoms with Crippen molar-refractivity contribution in [2.24, 2.45) is 5.92 Å². The van der Waals surface area contributed by atoms with Gasteiger partial charge in [-0.15, -0.1) is 0 Å². The van der Waals surface area contributed by atoms with E-state index in [-0.39, 0.29) is 30.1 Å². The van der Waals surface area contributed by atoms with Gasteiger partial charge in [-0.3, -0.25) is 9.69 Å². The highest BCUT2D eigenvalue weighted by atomic mass is 19.1. The lowest BCUT2D eigenvalue weighted by molar-refractivity contribution is -0.127. The quantitative estimate of drug-likeness (QED) is 0.487. The lowest BCUT2D eigenvalue weighted by atomic mass is 9.83. The first kappa shape index (κ1) is 24.8. The van der Waals surface area contributed by atoms with Gasteiger partial charge in [-0.25, -0.2) is 13.2 Å². The molecule has 0 unspecified atom stereocenters. The Morgan fingerprint density at radius 2 is 1.71 bits per heavy atom. The fourth-order valence-corrected chi connectivity index (χ4v) is 4.75. The van der Waals surface area contributed by atoms with Crippen molar-refractivity contribution in [1.29, 1.82) is 0 Å². The zero-order valence-electron chi connectivity index (χ0n) is 19.6. The Balaban J connectivity index is 1.46. The van der Waals surface area contributed by atoms with Crippen LogP contribution in [0.25, 0.3) is 0 Å². The molecule has 1 fully saturated rings. The van der Waals surface area contributed by atoms with Crippen molar-refractivity contribution in [2.45, 2.75) is 25.3 Å². The maximum atomic E-state index is 14.3. The van der Waals surface area contributed by atoms with Crippen LogP contribution in [0.4, 0.5) is 13.2 Å². The van der Waals surface area contributed by atoms with Gasteiger partial charge >= 0.3 is 0 Å². The van der Waals surface area contributed by atoms with Crippen molar-refractivity contribution >= 4 is 5.91 Å². The number of carbonyl (C=O) groups is 1. The van der Waals surface area contributed by atoms with Crippen LogP contribution in [0, 0.1) is 23.4 Å². The molecule has 4 rings (SSSR count). The van der Waals surface area contributed by atoms with Gasteiger partial charge in [0.25, 0.3) is 0 Å². The largest absolute Gasteiger partial charge is 0.496 e. The molecular weight excluding hydrogens is 453 g/mol. The Bertz CT molecular complexity index is 1150. The topological polar surface area (TPSA) is 41.6 Å². The van der Waals surface area contributed by atoms with Crippen LogP contribution in [0.1, 0.15) is 29.0 Å². The number of carbonyl (C=O) groups excluding carboxylic acids is 1. The number of nitrogens with one attached hydrogen (secondary N) is 1. The van der Waals surface area contributed by atoms with Crippen molar-refractivity contribution in [1.82, 2.24) is 10.2 Å². The van der Waals surface area contributed by atoms with E-state index in [4.69, 9.17) is 4.74 Å². The maximum absolute atomic E-state index is 14.3. The van der Waals surface area contributed by atoms with Crippen LogP contribution in [0.5, 0.6) is 5.75 Å². The molecule has 3 aromatic rings. The average Bonchev–Trinajstić information content (AvgIpc) is 2.86. The standard InChI is InChI=1S/C28H29F3N2O2/c1-35-27-5-3-2-4-20(27)12-13-32-28(34)23-14-22(19-6-9-24(29)10-7-19)17-33(18-23)16-21-8-11-25(30)15-26(21)31/h2-11,15,22-23H,12-14,16-18H2,1H3,(H,32,34)/t22-,23-/m1/s1. The molecule has 1 aliphatic heterocycles. The predicted molar refractivity (Wildman–Crippen MR) is 129 cm³/mol. The Morgan fingerprint density at radius 1 is 0.971 bits per heavy atom. The smallest absolute Gasteiger partial charge is 0.224 e. The molecule has 0 bridgehead atoms. The number of para-hydroxylation sites is 1. The third-order valence-electron chi connectivity index (χ3n) is 6.53. The predicted octanol–water partition coefficient (Wildman–Crippen LogP) is 5.08. The Hall–Kier alpha value is -3.32. The number of ether oxygens (including phenoxy) is 1. The summed E-state index contributed by atoms with van der Waals surface area (Å²) in [4.78, 5) is 15.1. The number of methoxy groups -OCH3 is 1. The van der Waals surface area contributed by atoms with Gasteiger partial charge in [-0.2, -0.15) is 0 Å². The fraction of sp³-hybridized carbons (Fsp3) is 0.321. The first-order chi connectivity index (χ1) is 16.9. The first-order valence-electron chi connectivity index (χ1n) is 11.7. The van der Waals surface area contributed by atoms with Crippen molar-refractivity contribution in [3.05, 3.63) is 101 Å². The molecule has 1 aliphatic rings. The van der Waals surface area contributed by atoms with E-state index in [9.17, 15) is 18.0 Å². The molecule has 1 N–H and O–H groups in total. The van der Waals surface area contributed by atoms with Gasteiger partial charge in [0.15, 0.2) is 0 Å². The summed E-state index contributed by atoms with van der Waals surface area (Å²) in [7, 11) is 1.62. The highest BCUT2D eigenvalue weighted by Gasteiger charge is 2.32. The van der Waals surface area contributed by atoms with Gasteiger partial charge in [-0.1, -0.05) is 36.4 Å². The zero-order chi connectivity index (χ0) is 24.8. The lowest BCUT2D eigenvalue weighted by Gasteiger charge is -2.37. The minimum atomic E-state index is -0.624. The third-order valence-corrected chi connectivity index (χ3v) is 6.53. The monoisotopic (exact) mass is 482 g/mol. The summed E-state index contributed by atoms with van der Waals surface area (Å²) in [6.45, 7) is 1.76. The number of halogens is 3. The molecule has 3 aromatic carbocycles. The molecule has 1 heterocycles. The van der Waals surface area contributed by atoms with E-state index in [1.54, 1.807) is 19.2 Å². The van der Waals surface area contributed by atoms with Gasteiger partial charge in [0, 0.05) is 37.8 Å². The number of rotatable bonds is 8. The number of hydrogen-bond acceptors (Lipinski definition) is 3. The van der Waals surface area contributed by atoms with E-state index in [2.05, 4.69) is 5.32 Å². The molecule has 0 aromatic heterocycles. The van der Waals surface area contributed by atoms with Crippen LogP contribution >= 0.6 is 0 Å². The van der Waals surface area contributed by atoms with Crippen molar-refractivity contribution in [3.63, 3.8) is 0 Å². The zero-order valence-corrected chi connectivity index (χ0v) is 19.6. The fourth-order valence-electron chi connectivity index (χ4n) is 4.75. The number of nitrogens with zero attached hydrogens (tertiary/aromatic N) is 1. The molecular formula is C28H29F3N2O2. The Labute approximate surface area is 203 Å². The molecule has 1 amide bonds. The van der Waals surface area contributed by atoms with E-state index in [0.29, 0.717) is 38.0 Å². The third kappa shape index (κ3) is 6.42. The van der Waals surface area contributed by atoms with Crippen molar-refractivity contribution in [3.8, 4) is 5.75 Å². The SMILES string of the molecule is COc1ccccc1CCNC(=O)[C@@H]1C[C@@H](c2ccc(F)cc2)CN(Cc2ccc(F)cc2F)C1. The molecule has 7 heteroatoms. The van der Waals surface area contributed by atoms with Crippen LogP contribution in [-0.4, -0.2) is 37.6 Å². The molecule has 4 nitrogen and oxygen atoms in total. The van der Waals surface area contributed by atoms with Crippen molar-refractivity contribution in [2.75, 3.05) is 26.7 Å². The van der Waals surface area contributed by atoms with Gasteiger partial charge in [0.05, 0.1) is 13.0 Å². The summed E-state index contributed by atoms with van der Waals surface area (Å²) in [6, 6.07) is 17.5. The number of piperidine rings is 1. The van der Waals surface area contributed by atoms with E-state index < -0.39 is 11.6 Å². The second-order valence-corrected chi connectivity index (χ2v) is 8.96.